The Hall–Kier alpha value is -1.84. The molecule has 17 heavy (non-hydrogen) atoms. The molecule has 0 spiro atoms. The van der Waals surface area contributed by atoms with Crippen LogP contribution in [0.1, 0.15) is 23.9 Å². The van der Waals surface area contributed by atoms with Crippen molar-refractivity contribution in [3.8, 4) is 0 Å². The lowest BCUT2D eigenvalue weighted by Gasteiger charge is -2.17. The standard InChI is InChI=1S/C13H16N4/c1-10-8-15-13(16-10)11-4-7-17(9-11)12-2-5-14-6-3-12/h2-3,5-6,8,11H,4,7,9H2,1H3,(H,15,16)/t11-/m0/s1. The van der Waals surface area contributed by atoms with Gasteiger partial charge in [0.25, 0.3) is 0 Å². The molecule has 0 aromatic carbocycles. The second-order valence-electron chi connectivity index (χ2n) is 4.59. The predicted octanol–water partition coefficient (Wildman–Crippen LogP) is 2.11. The van der Waals surface area contributed by atoms with Crippen molar-refractivity contribution in [3.63, 3.8) is 0 Å². The van der Waals surface area contributed by atoms with E-state index in [1.165, 1.54) is 5.69 Å². The van der Waals surface area contributed by atoms with E-state index in [1.807, 2.05) is 25.5 Å². The number of nitrogens with one attached hydrogen (secondary N) is 1. The maximum Gasteiger partial charge on any atom is 0.111 e. The summed E-state index contributed by atoms with van der Waals surface area (Å²) < 4.78 is 0. The lowest BCUT2D eigenvalue weighted by Crippen LogP contribution is -2.19. The van der Waals surface area contributed by atoms with Crippen LogP contribution < -0.4 is 4.90 Å². The number of hydrogen-bond acceptors (Lipinski definition) is 3. The minimum absolute atomic E-state index is 0.525. The van der Waals surface area contributed by atoms with Crippen molar-refractivity contribution >= 4 is 5.69 Å². The Morgan fingerprint density at radius 3 is 2.88 bits per heavy atom. The smallest absolute Gasteiger partial charge is 0.111 e. The van der Waals surface area contributed by atoms with E-state index in [2.05, 4.69) is 32.0 Å². The monoisotopic (exact) mass is 228 g/mol. The van der Waals surface area contributed by atoms with Crippen molar-refractivity contribution in [1.29, 1.82) is 0 Å². The molecule has 0 radical (unpaired) electrons. The first kappa shape index (κ1) is 10.3. The lowest BCUT2D eigenvalue weighted by atomic mass is 10.1. The van der Waals surface area contributed by atoms with Crippen molar-refractivity contribution in [2.75, 3.05) is 18.0 Å². The van der Waals surface area contributed by atoms with Gasteiger partial charge in [0.15, 0.2) is 0 Å². The minimum Gasteiger partial charge on any atom is -0.371 e. The quantitative estimate of drug-likeness (QED) is 0.856. The van der Waals surface area contributed by atoms with Gasteiger partial charge in [-0.2, -0.15) is 0 Å². The summed E-state index contributed by atoms with van der Waals surface area (Å²) in [5.41, 5.74) is 2.40. The topological polar surface area (TPSA) is 44.8 Å². The Kier molecular flexibility index (Phi) is 2.55. The zero-order valence-corrected chi connectivity index (χ0v) is 9.93. The van der Waals surface area contributed by atoms with E-state index in [0.717, 1.165) is 31.0 Å². The van der Waals surface area contributed by atoms with Crippen molar-refractivity contribution in [2.45, 2.75) is 19.3 Å². The molecule has 0 bridgehead atoms. The molecule has 1 fully saturated rings. The molecular weight excluding hydrogens is 212 g/mol. The SMILES string of the molecule is Cc1cnc([C@H]2CCN(c3ccncc3)C2)[nH]1. The van der Waals surface area contributed by atoms with E-state index in [4.69, 9.17) is 0 Å². The van der Waals surface area contributed by atoms with Gasteiger partial charge in [-0.05, 0) is 25.5 Å². The molecule has 0 aliphatic carbocycles. The number of aromatic amines is 1. The number of pyridine rings is 1. The largest absolute Gasteiger partial charge is 0.371 e. The molecule has 0 amide bonds. The molecule has 1 aliphatic heterocycles. The number of rotatable bonds is 2. The van der Waals surface area contributed by atoms with Crippen LogP contribution in [0.15, 0.2) is 30.7 Å². The number of H-pyrrole nitrogens is 1. The highest BCUT2D eigenvalue weighted by Crippen LogP contribution is 2.28. The average molecular weight is 228 g/mol. The molecule has 88 valence electrons. The van der Waals surface area contributed by atoms with Gasteiger partial charge in [0.05, 0.1) is 0 Å². The Morgan fingerprint density at radius 2 is 2.18 bits per heavy atom. The Morgan fingerprint density at radius 1 is 1.35 bits per heavy atom. The van der Waals surface area contributed by atoms with Gasteiger partial charge >= 0.3 is 0 Å². The predicted molar refractivity (Wildman–Crippen MR) is 67.1 cm³/mol. The minimum atomic E-state index is 0.525. The van der Waals surface area contributed by atoms with Crippen LogP contribution in [0.4, 0.5) is 5.69 Å². The summed E-state index contributed by atoms with van der Waals surface area (Å²) in [6.07, 6.45) is 6.76. The number of nitrogens with zero attached hydrogens (tertiary/aromatic N) is 3. The van der Waals surface area contributed by atoms with Crippen LogP contribution in [0.5, 0.6) is 0 Å². The number of anilines is 1. The number of imidazole rings is 1. The summed E-state index contributed by atoms with van der Waals surface area (Å²) in [7, 11) is 0. The highest BCUT2D eigenvalue weighted by molar-refractivity contribution is 5.46. The second kappa shape index (κ2) is 4.20. The third-order valence-corrected chi connectivity index (χ3v) is 3.33. The molecule has 0 unspecified atom stereocenters. The first-order valence-electron chi connectivity index (χ1n) is 5.99. The molecule has 3 heterocycles. The number of aromatic nitrogens is 3. The van der Waals surface area contributed by atoms with Gasteiger partial charge in [0, 0.05) is 49.0 Å². The van der Waals surface area contributed by atoms with Crippen LogP contribution >= 0.6 is 0 Å². The van der Waals surface area contributed by atoms with Gasteiger partial charge in [-0.3, -0.25) is 4.98 Å². The third kappa shape index (κ3) is 2.02. The zero-order chi connectivity index (χ0) is 11.7. The molecule has 0 saturated carbocycles. The van der Waals surface area contributed by atoms with Gasteiger partial charge in [-0.15, -0.1) is 0 Å². The molecule has 2 aromatic rings. The van der Waals surface area contributed by atoms with E-state index >= 15 is 0 Å². The van der Waals surface area contributed by atoms with Gasteiger partial charge in [-0.1, -0.05) is 0 Å². The van der Waals surface area contributed by atoms with Gasteiger partial charge < -0.3 is 9.88 Å². The van der Waals surface area contributed by atoms with Crippen LogP contribution in [0, 0.1) is 6.92 Å². The van der Waals surface area contributed by atoms with E-state index in [1.54, 1.807) is 0 Å². The molecule has 1 atom stereocenters. The molecule has 4 nitrogen and oxygen atoms in total. The Bertz CT molecular complexity index is 491. The molecular formula is C13H16N4. The summed E-state index contributed by atoms with van der Waals surface area (Å²) in [4.78, 5) is 14.2. The lowest BCUT2D eigenvalue weighted by molar-refractivity contribution is 0.721. The van der Waals surface area contributed by atoms with E-state index in [9.17, 15) is 0 Å². The maximum atomic E-state index is 4.43. The van der Waals surface area contributed by atoms with Crippen LogP contribution in [0.3, 0.4) is 0 Å². The van der Waals surface area contributed by atoms with E-state index in [0.29, 0.717) is 5.92 Å². The number of aryl methyl sites for hydroxylation is 1. The van der Waals surface area contributed by atoms with Gasteiger partial charge in [0.1, 0.15) is 5.82 Å². The average Bonchev–Trinajstić information content (AvgIpc) is 2.98. The van der Waals surface area contributed by atoms with Crippen LogP contribution in [-0.4, -0.2) is 28.0 Å². The van der Waals surface area contributed by atoms with Crippen molar-refractivity contribution in [1.82, 2.24) is 15.0 Å². The van der Waals surface area contributed by atoms with Gasteiger partial charge in [0.2, 0.25) is 0 Å². The Balaban J connectivity index is 1.74. The fraction of sp³-hybridized carbons (Fsp3) is 0.385. The third-order valence-electron chi connectivity index (χ3n) is 3.33. The number of hydrogen-bond donors (Lipinski definition) is 1. The van der Waals surface area contributed by atoms with Crippen molar-refractivity contribution in [3.05, 3.63) is 42.2 Å². The molecule has 1 saturated heterocycles. The molecule has 3 rings (SSSR count). The molecule has 1 N–H and O–H groups in total. The molecule has 1 aliphatic rings. The summed E-state index contributed by atoms with van der Waals surface area (Å²) in [5.74, 6) is 1.65. The first-order valence-corrected chi connectivity index (χ1v) is 5.99. The fourth-order valence-corrected chi connectivity index (χ4v) is 2.41. The molecule has 4 heteroatoms. The summed E-state index contributed by atoms with van der Waals surface area (Å²) in [5, 5.41) is 0. The summed E-state index contributed by atoms with van der Waals surface area (Å²) in [6.45, 7) is 4.18. The van der Waals surface area contributed by atoms with Crippen molar-refractivity contribution < 1.29 is 0 Å². The zero-order valence-electron chi connectivity index (χ0n) is 9.93. The fourth-order valence-electron chi connectivity index (χ4n) is 2.41. The summed E-state index contributed by atoms with van der Waals surface area (Å²) >= 11 is 0. The summed E-state index contributed by atoms with van der Waals surface area (Å²) in [6, 6.07) is 4.13. The van der Waals surface area contributed by atoms with E-state index in [-0.39, 0.29) is 0 Å². The van der Waals surface area contributed by atoms with Crippen LogP contribution in [0.2, 0.25) is 0 Å². The van der Waals surface area contributed by atoms with E-state index < -0.39 is 0 Å². The maximum absolute atomic E-state index is 4.43. The highest BCUT2D eigenvalue weighted by Gasteiger charge is 2.25. The first-order chi connectivity index (χ1) is 8.33. The molecule has 2 aromatic heterocycles. The Labute approximate surface area is 101 Å². The van der Waals surface area contributed by atoms with Gasteiger partial charge in [-0.25, -0.2) is 4.98 Å². The highest BCUT2D eigenvalue weighted by atomic mass is 15.2. The second-order valence-corrected chi connectivity index (χ2v) is 4.59. The normalized spacial score (nSPS) is 19.8. The van der Waals surface area contributed by atoms with Crippen molar-refractivity contribution in [2.24, 2.45) is 0 Å². The van der Waals surface area contributed by atoms with Crippen LogP contribution in [0.25, 0.3) is 0 Å². The van der Waals surface area contributed by atoms with Crippen LogP contribution in [-0.2, 0) is 0 Å².